The Morgan fingerprint density at radius 3 is 1.90 bits per heavy atom. The Balaban J connectivity index is 1.68. The maximum absolute atomic E-state index is 5.86. The minimum Gasteiger partial charge on any atom is -0.494 e. The van der Waals surface area contributed by atoms with Crippen molar-refractivity contribution in [2.45, 2.75) is 97.3 Å². The summed E-state index contributed by atoms with van der Waals surface area (Å²) in [6, 6.07) is 12.8. The van der Waals surface area contributed by atoms with Crippen LogP contribution in [0.15, 0.2) is 42.6 Å². The van der Waals surface area contributed by atoms with Crippen molar-refractivity contribution in [1.29, 1.82) is 0 Å². The Morgan fingerprint density at radius 2 is 1.28 bits per heavy atom. The molecule has 1 aromatic heterocycles. The summed E-state index contributed by atoms with van der Waals surface area (Å²) in [6.45, 7) is 5.33. The normalized spacial score (nSPS) is 11.0. The highest BCUT2D eigenvalue weighted by Gasteiger charge is 2.02. The topological polar surface area (TPSA) is 22.1 Å². The molecule has 2 rings (SSSR count). The van der Waals surface area contributed by atoms with Gasteiger partial charge in [0, 0.05) is 11.8 Å². The van der Waals surface area contributed by atoms with Gasteiger partial charge in [-0.1, -0.05) is 84.1 Å². The van der Waals surface area contributed by atoms with Gasteiger partial charge in [0.05, 0.1) is 12.3 Å². The summed E-state index contributed by atoms with van der Waals surface area (Å²) in [6.07, 6.45) is 19.0. The molecule has 0 unspecified atom stereocenters. The third kappa shape index (κ3) is 9.96. The van der Waals surface area contributed by atoms with E-state index in [1.54, 1.807) is 0 Å². The van der Waals surface area contributed by atoms with Gasteiger partial charge in [0.1, 0.15) is 5.75 Å². The summed E-state index contributed by atoms with van der Waals surface area (Å²) in [4.78, 5) is 4.68. The monoisotopic (exact) mass is 395 g/mol. The Bertz CT molecular complexity index is 633. The second-order valence-electron chi connectivity index (χ2n) is 8.21. The highest BCUT2D eigenvalue weighted by atomic mass is 16.5. The average molecular weight is 396 g/mol. The van der Waals surface area contributed by atoms with Gasteiger partial charge in [-0.25, -0.2) is 0 Å². The van der Waals surface area contributed by atoms with Crippen LogP contribution in [0.1, 0.15) is 96.5 Å². The molecular weight excluding hydrogens is 354 g/mol. The molecule has 0 N–H and O–H groups in total. The molecule has 2 heteroatoms. The molecule has 0 saturated carbocycles. The molecule has 0 atom stereocenters. The van der Waals surface area contributed by atoms with Crippen molar-refractivity contribution >= 4 is 0 Å². The lowest BCUT2D eigenvalue weighted by atomic mass is 10.0. The van der Waals surface area contributed by atoms with E-state index in [1.165, 1.54) is 76.2 Å². The predicted octanol–water partition coefficient (Wildman–Crippen LogP) is 8.39. The average Bonchev–Trinajstić information content (AvgIpc) is 2.76. The van der Waals surface area contributed by atoms with Crippen LogP contribution in [0.5, 0.6) is 5.75 Å². The van der Waals surface area contributed by atoms with E-state index in [0.29, 0.717) is 0 Å². The summed E-state index contributed by atoms with van der Waals surface area (Å²) in [7, 11) is 0. The minimum atomic E-state index is 0.814. The maximum Gasteiger partial charge on any atom is 0.119 e. The fourth-order valence-electron chi connectivity index (χ4n) is 3.65. The number of hydrogen-bond acceptors (Lipinski definition) is 2. The van der Waals surface area contributed by atoms with Crippen LogP contribution in [0, 0.1) is 0 Å². The number of aromatic nitrogens is 1. The molecule has 0 fully saturated rings. The first-order valence-electron chi connectivity index (χ1n) is 12.0. The van der Waals surface area contributed by atoms with Crippen LogP contribution in [-0.4, -0.2) is 11.6 Å². The second-order valence-corrected chi connectivity index (χ2v) is 8.21. The van der Waals surface area contributed by atoms with Gasteiger partial charge in [-0.3, -0.25) is 4.98 Å². The van der Waals surface area contributed by atoms with Gasteiger partial charge in [-0.15, -0.1) is 0 Å². The minimum absolute atomic E-state index is 0.814. The standard InChI is InChI=1S/C27H41NO/c1-3-5-7-9-10-11-13-15-24-16-21-27(28-23-24)25-17-19-26(20-18-25)29-22-14-12-8-6-4-2/h16-21,23H,3-15,22H2,1-2H3. The lowest BCUT2D eigenvalue weighted by Gasteiger charge is -2.08. The zero-order valence-electron chi connectivity index (χ0n) is 18.8. The molecule has 1 aromatic carbocycles. The Labute approximate surface area is 179 Å². The van der Waals surface area contributed by atoms with Crippen LogP contribution in [0.25, 0.3) is 11.3 Å². The molecule has 1 heterocycles. The fraction of sp³-hybridized carbons (Fsp3) is 0.593. The predicted molar refractivity (Wildman–Crippen MR) is 126 cm³/mol. The number of benzene rings is 1. The first-order valence-corrected chi connectivity index (χ1v) is 12.0. The first-order chi connectivity index (χ1) is 14.3. The van der Waals surface area contributed by atoms with Gasteiger partial charge in [-0.05, 0) is 55.2 Å². The molecule has 0 aliphatic heterocycles. The highest BCUT2D eigenvalue weighted by Crippen LogP contribution is 2.21. The SMILES string of the molecule is CCCCCCCCCc1ccc(-c2ccc(OCCCCCCC)cc2)nc1. The number of hydrogen-bond donors (Lipinski definition) is 0. The molecule has 29 heavy (non-hydrogen) atoms. The summed E-state index contributed by atoms with van der Waals surface area (Å²) >= 11 is 0. The van der Waals surface area contributed by atoms with Crippen molar-refractivity contribution in [3.8, 4) is 17.0 Å². The third-order valence-corrected chi connectivity index (χ3v) is 5.56. The summed E-state index contributed by atoms with van der Waals surface area (Å²) < 4.78 is 5.86. The van der Waals surface area contributed by atoms with Gasteiger partial charge in [-0.2, -0.15) is 0 Å². The molecule has 0 aliphatic rings. The number of pyridine rings is 1. The Morgan fingerprint density at radius 1 is 0.655 bits per heavy atom. The molecule has 0 spiro atoms. The van der Waals surface area contributed by atoms with Crippen molar-refractivity contribution in [2.24, 2.45) is 0 Å². The van der Waals surface area contributed by atoms with Crippen LogP contribution in [0.2, 0.25) is 0 Å². The molecule has 0 saturated heterocycles. The van der Waals surface area contributed by atoms with Crippen LogP contribution in [0.4, 0.5) is 0 Å². The molecule has 0 amide bonds. The smallest absolute Gasteiger partial charge is 0.119 e. The summed E-state index contributed by atoms with van der Waals surface area (Å²) in [5.41, 5.74) is 3.55. The van der Waals surface area contributed by atoms with E-state index in [-0.39, 0.29) is 0 Å². The highest BCUT2D eigenvalue weighted by molar-refractivity contribution is 5.60. The van der Waals surface area contributed by atoms with Crippen molar-refractivity contribution in [1.82, 2.24) is 4.98 Å². The van der Waals surface area contributed by atoms with E-state index in [2.05, 4.69) is 55.2 Å². The van der Waals surface area contributed by atoms with Crippen LogP contribution in [0.3, 0.4) is 0 Å². The zero-order chi connectivity index (χ0) is 20.6. The molecule has 0 bridgehead atoms. The number of unbranched alkanes of at least 4 members (excludes halogenated alkanes) is 10. The van der Waals surface area contributed by atoms with Gasteiger partial charge in [0.2, 0.25) is 0 Å². The van der Waals surface area contributed by atoms with Crippen LogP contribution in [-0.2, 0) is 6.42 Å². The van der Waals surface area contributed by atoms with Crippen LogP contribution >= 0.6 is 0 Å². The molecule has 2 aromatic rings. The summed E-state index contributed by atoms with van der Waals surface area (Å²) in [5.74, 6) is 0.958. The second kappa shape index (κ2) is 15.1. The lowest BCUT2D eigenvalue weighted by molar-refractivity contribution is 0.304. The van der Waals surface area contributed by atoms with E-state index >= 15 is 0 Å². The van der Waals surface area contributed by atoms with E-state index in [1.807, 2.05) is 6.20 Å². The van der Waals surface area contributed by atoms with Gasteiger partial charge in [0.25, 0.3) is 0 Å². The number of aryl methyl sites for hydroxylation is 1. The quantitative estimate of drug-likeness (QED) is 0.266. The lowest BCUT2D eigenvalue weighted by Crippen LogP contribution is -1.97. The molecule has 0 aliphatic carbocycles. The van der Waals surface area contributed by atoms with Crippen molar-refractivity contribution in [3.63, 3.8) is 0 Å². The van der Waals surface area contributed by atoms with Gasteiger partial charge < -0.3 is 4.74 Å². The van der Waals surface area contributed by atoms with E-state index in [4.69, 9.17) is 4.74 Å². The third-order valence-electron chi connectivity index (χ3n) is 5.56. The Kier molecular flexibility index (Phi) is 12.2. The first kappa shape index (κ1) is 23.4. The molecule has 160 valence electrons. The Hall–Kier alpha value is -1.83. The van der Waals surface area contributed by atoms with E-state index < -0.39 is 0 Å². The number of nitrogens with zero attached hydrogens (tertiary/aromatic N) is 1. The van der Waals surface area contributed by atoms with E-state index in [0.717, 1.165) is 36.5 Å². The van der Waals surface area contributed by atoms with Crippen LogP contribution < -0.4 is 4.74 Å². The van der Waals surface area contributed by atoms with Crippen molar-refractivity contribution < 1.29 is 4.74 Å². The largest absolute Gasteiger partial charge is 0.494 e. The van der Waals surface area contributed by atoms with Crippen molar-refractivity contribution in [3.05, 3.63) is 48.2 Å². The van der Waals surface area contributed by atoms with Crippen molar-refractivity contribution in [2.75, 3.05) is 6.61 Å². The maximum atomic E-state index is 5.86. The number of ether oxygens (including phenoxy) is 1. The van der Waals surface area contributed by atoms with Gasteiger partial charge in [0.15, 0.2) is 0 Å². The molecular formula is C27H41NO. The molecule has 2 nitrogen and oxygen atoms in total. The zero-order valence-corrected chi connectivity index (χ0v) is 18.8. The van der Waals surface area contributed by atoms with Gasteiger partial charge >= 0.3 is 0 Å². The van der Waals surface area contributed by atoms with E-state index in [9.17, 15) is 0 Å². The fourth-order valence-corrected chi connectivity index (χ4v) is 3.65. The molecule has 0 radical (unpaired) electrons. The summed E-state index contributed by atoms with van der Waals surface area (Å²) in [5, 5.41) is 0. The number of rotatable bonds is 16.